The van der Waals surface area contributed by atoms with Crippen LogP contribution in [0, 0.1) is 11.2 Å². The molecule has 0 fully saturated rings. The van der Waals surface area contributed by atoms with Crippen molar-refractivity contribution >= 4 is 250 Å². The summed E-state index contributed by atoms with van der Waals surface area (Å²) >= 11 is 0. The Hall–Kier alpha value is 3.93. The Balaban J connectivity index is -0.0000120. The standard InChI is InChI=1S/C14H30B30O2Si4.2Li/c1-47(2,9-30-38(22)12(36(18)19)40(24)33-15)45-48(3,4)11-32-43(28)14(42(26)27,44(29)35-17)50(7,8)46-49(5,6)10-31-39(23)13(37(20)21)41(25)34-16;;/h9-11H2,1-8H3;;/q-2;2*+1. The summed E-state index contributed by atoms with van der Waals surface area (Å²) in [5, 5.41) is 0. The van der Waals surface area contributed by atoms with Crippen molar-refractivity contribution in [1.82, 2.24) is 0 Å². The molecule has 2 nitrogen and oxygen atoms in total. The number of rotatable bonds is 26. The second kappa shape index (κ2) is 26.3. The average Bonchev–Trinajstić information content (AvgIpc) is 2.96. The summed E-state index contributed by atoms with van der Waals surface area (Å²) in [6.07, 6.45) is 0. The van der Waals surface area contributed by atoms with Crippen molar-refractivity contribution in [2.45, 2.75) is 74.9 Å². The van der Waals surface area contributed by atoms with Crippen LogP contribution in [0.2, 0.25) is 74.9 Å². The summed E-state index contributed by atoms with van der Waals surface area (Å²) in [7, 11) is 92.9. The first-order valence-corrected chi connectivity index (χ1v) is 29.2. The Morgan fingerprint density at radius 2 is 0.808 bits per heavy atom. The van der Waals surface area contributed by atoms with Gasteiger partial charge in [-0.25, -0.2) is 0 Å². The second-order valence-electron chi connectivity index (χ2n) is 15.6. The molecule has 1 atom stereocenters. The minimum absolute atomic E-state index is 0. The van der Waals surface area contributed by atoms with Crippen LogP contribution in [0.15, 0.2) is 0 Å². The molecule has 0 saturated carbocycles. The molecule has 0 rings (SSSR count). The van der Waals surface area contributed by atoms with Gasteiger partial charge in [0.15, 0.2) is 33.3 Å². The van der Waals surface area contributed by atoms with Crippen LogP contribution < -0.4 is 37.7 Å². The molecule has 52 heavy (non-hydrogen) atoms. The molecule has 36 radical (unpaired) electrons. The van der Waals surface area contributed by atoms with Gasteiger partial charge in [-0.15, -0.1) is 43.7 Å². The molecular formula is C14H30B30Li2O2Si4. The van der Waals surface area contributed by atoms with Gasteiger partial charge in [-0.1, -0.05) is 17.8 Å². The first-order chi connectivity index (χ1) is 22.6. The smallest absolute Gasteiger partial charge is 0.457 e. The van der Waals surface area contributed by atoms with Crippen molar-refractivity contribution in [3.8, 4) is 0 Å². The number of hydrogen-bond donors (Lipinski definition) is 0. The normalized spacial score (nSPS) is 12.8. The fraction of sp³-hybridized carbons (Fsp3) is 0.857. The third-order valence-electron chi connectivity index (χ3n) is 9.30. The van der Waals surface area contributed by atoms with E-state index in [2.05, 4.69) is 39.3 Å². The largest absolute Gasteiger partial charge is 1.00 e. The summed E-state index contributed by atoms with van der Waals surface area (Å²) in [5.41, 5.74) is 1.07. The summed E-state index contributed by atoms with van der Waals surface area (Å²) in [4.78, 5) is 0. The molecule has 0 aliphatic rings. The Labute approximate surface area is 379 Å². The van der Waals surface area contributed by atoms with Crippen LogP contribution in [0.25, 0.3) is 0 Å². The fourth-order valence-corrected chi connectivity index (χ4v) is 25.2. The predicted molar refractivity (Wildman–Crippen MR) is 268 cm³/mol. The van der Waals surface area contributed by atoms with Crippen LogP contribution in [0.1, 0.15) is 0 Å². The third kappa shape index (κ3) is 18.3. The number of hydrogen-bond acceptors (Lipinski definition) is 2. The zero-order chi connectivity index (χ0) is 39.6. The van der Waals surface area contributed by atoms with E-state index >= 15 is 0 Å². The first-order valence-electron chi connectivity index (χ1n) is 16.9. The molecule has 0 saturated heterocycles. The molecule has 38 heteroatoms. The van der Waals surface area contributed by atoms with Gasteiger partial charge in [-0.05, 0) is 144 Å². The van der Waals surface area contributed by atoms with Crippen molar-refractivity contribution in [1.29, 1.82) is 0 Å². The first kappa shape index (κ1) is 60.2. The molecular weight excluding hydrogens is 651 g/mol. The molecule has 0 bridgehead atoms. The van der Waals surface area contributed by atoms with Crippen LogP contribution in [0.5, 0.6) is 0 Å². The van der Waals surface area contributed by atoms with E-state index in [0.29, 0.717) is 29.1 Å². The van der Waals surface area contributed by atoms with Crippen molar-refractivity contribution in [2.24, 2.45) is 0 Å². The van der Waals surface area contributed by atoms with Gasteiger partial charge >= 0.3 is 37.7 Å². The maximum absolute atomic E-state index is 7.07. The monoisotopic (exact) mass is 686 g/mol. The molecule has 0 aromatic carbocycles. The van der Waals surface area contributed by atoms with Crippen LogP contribution in [0.3, 0.4) is 0 Å². The molecule has 0 aliphatic heterocycles. The van der Waals surface area contributed by atoms with Gasteiger partial charge in [-0.3, -0.25) is 0 Å². The Bertz CT molecular complexity index is 981. The van der Waals surface area contributed by atoms with Gasteiger partial charge in [0, 0.05) is 79.6 Å². The van der Waals surface area contributed by atoms with Crippen LogP contribution in [-0.2, 0) is 8.23 Å². The molecule has 0 heterocycles. The van der Waals surface area contributed by atoms with Gasteiger partial charge in [-0.2, -0.15) is 0 Å². The maximum atomic E-state index is 7.07. The van der Waals surface area contributed by atoms with Crippen molar-refractivity contribution in [3.63, 3.8) is 0 Å². The minimum Gasteiger partial charge on any atom is -0.457 e. The molecule has 0 spiro atoms. The minimum atomic E-state index is -3.01. The molecule has 0 amide bonds. The molecule has 1 unspecified atom stereocenters. The van der Waals surface area contributed by atoms with Gasteiger partial charge < -0.3 is 19.5 Å². The zero-order valence-electron chi connectivity index (χ0n) is 33.8. The molecule has 0 aromatic heterocycles. The Morgan fingerprint density at radius 3 is 1.10 bits per heavy atom. The van der Waals surface area contributed by atoms with Gasteiger partial charge in [0.05, 0.1) is 7.17 Å². The van der Waals surface area contributed by atoms with E-state index in [-0.39, 0.29) is 37.7 Å². The van der Waals surface area contributed by atoms with E-state index in [9.17, 15) is 0 Å². The van der Waals surface area contributed by atoms with Crippen molar-refractivity contribution in [3.05, 3.63) is 11.2 Å². The van der Waals surface area contributed by atoms with E-state index in [1.165, 1.54) is 21.2 Å². The van der Waals surface area contributed by atoms with Gasteiger partial charge in [0.2, 0.25) is 0 Å². The Kier molecular flexibility index (Phi) is 30.5. The summed E-state index contributed by atoms with van der Waals surface area (Å²) in [5.74, 6) is 1.76. The second-order valence-corrected chi connectivity index (χ2v) is 32.9. The average molecular weight is 681 g/mol. The van der Waals surface area contributed by atoms with E-state index in [1.807, 2.05) is 34.6 Å². The van der Waals surface area contributed by atoms with Crippen LogP contribution in [0.4, 0.5) is 0 Å². The topological polar surface area (TPSA) is 18.5 Å². The summed E-state index contributed by atoms with van der Waals surface area (Å²) < 4.78 is 12.9. The Morgan fingerprint density at radius 1 is 0.481 bits per heavy atom. The van der Waals surface area contributed by atoms with Crippen molar-refractivity contribution < 1.29 is 46.0 Å². The van der Waals surface area contributed by atoms with E-state index < -0.39 is 96.5 Å². The van der Waals surface area contributed by atoms with Gasteiger partial charge in [0.1, 0.15) is 0 Å². The predicted octanol–water partition coefficient (Wildman–Crippen LogP) is -12.6. The fourth-order valence-electron chi connectivity index (χ4n) is 6.94. The SMILES string of the molecule is [B][B]B([B])[C-](B([B])[B])B([B])[B]C[Si](C)(C)O[Si](C)(C)C[B]B([B])C(B([B])[B])(B([B])[B][B])[Si](C)(C)O[Si](C)(C)C[B]B([B])[C-](B([B])[B])B([B])[B][B].[Li+].[Li+]. The molecule has 0 aliphatic carbocycles. The van der Waals surface area contributed by atoms with E-state index in [1.54, 1.807) is 0 Å². The van der Waals surface area contributed by atoms with Crippen molar-refractivity contribution in [2.75, 3.05) is 0 Å². The van der Waals surface area contributed by atoms with Crippen LogP contribution >= 0.6 is 0 Å². The third-order valence-corrected chi connectivity index (χ3v) is 24.7. The molecule has 0 aromatic rings. The van der Waals surface area contributed by atoms with Crippen LogP contribution in [-0.4, -0.2) is 250 Å². The quantitative estimate of drug-likeness (QED) is 0.0669. The molecule has 0 N–H and O–H groups in total. The summed E-state index contributed by atoms with van der Waals surface area (Å²) in [6.45, 7) is 10.2. The van der Waals surface area contributed by atoms with Gasteiger partial charge in [0.25, 0.3) is 0 Å². The molecule has 206 valence electrons. The van der Waals surface area contributed by atoms with E-state index in [0.717, 1.165) is 0 Å². The summed E-state index contributed by atoms with van der Waals surface area (Å²) in [6, 6.07) is 0. The zero-order valence-corrected chi connectivity index (χ0v) is 37.8. The maximum Gasteiger partial charge on any atom is 1.00 e. The van der Waals surface area contributed by atoms with E-state index in [4.69, 9.17) is 124 Å².